The van der Waals surface area contributed by atoms with E-state index in [1.807, 2.05) is 0 Å². The minimum Gasteiger partial charge on any atom is -0.220 e. The highest BCUT2D eigenvalue weighted by Crippen LogP contribution is 2.00. The van der Waals surface area contributed by atoms with Crippen LogP contribution in [0, 0.1) is 5.95 Å². The van der Waals surface area contributed by atoms with Crippen molar-refractivity contribution in [2.45, 2.75) is 0 Å². The van der Waals surface area contributed by atoms with Gasteiger partial charge in [-0.25, -0.2) is 4.98 Å². The first-order valence-electron chi connectivity index (χ1n) is 2.72. The Hall–Kier alpha value is -0.700. The van der Waals surface area contributed by atoms with Crippen molar-refractivity contribution in [3.63, 3.8) is 0 Å². The zero-order valence-electron chi connectivity index (χ0n) is 5.09. The molecule has 0 aliphatic heterocycles. The molecule has 0 aliphatic carbocycles. The third kappa shape index (κ3) is 1.92. The summed E-state index contributed by atoms with van der Waals surface area (Å²) in [4.78, 5) is 5.21. The molecule has 1 rings (SSSR count). The summed E-state index contributed by atoms with van der Waals surface area (Å²) in [6.07, 6.45) is 1.67. The van der Waals surface area contributed by atoms with E-state index in [9.17, 15) is 4.39 Å². The summed E-state index contributed by atoms with van der Waals surface area (Å²) < 4.78 is 12.3. The number of rotatable bonds is 1. The van der Waals surface area contributed by atoms with Crippen molar-refractivity contribution in [3.8, 4) is 0 Å². The number of nitrogens with zero attached hydrogens (tertiary/aromatic N) is 1. The van der Waals surface area contributed by atoms with Gasteiger partial charge in [0.15, 0.2) is 0 Å². The Labute approximate surface area is 66.7 Å². The first kappa shape index (κ1) is 7.41. The highest BCUT2D eigenvalue weighted by atomic mass is 79.9. The molecule has 1 nitrogen and oxygen atoms in total. The van der Waals surface area contributed by atoms with Gasteiger partial charge in [-0.05, 0) is 23.2 Å². The molecule has 0 saturated heterocycles. The van der Waals surface area contributed by atoms with Gasteiger partial charge in [0.05, 0.1) is 5.69 Å². The third-order valence-electron chi connectivity index (χ3n) is 0.970. The van der Waals surface area contributed by atoms with Crippen LogP contribution in [0.5, 0.6) is 0 Å². The molecule has 0 amide bonds. The number of pyridine rings is 1. The summed E-state index contributed by atoms with van der Waals surface area (Å²) in [5, 5.41) is 0. The quantitative estimate of drug-likeness (QED) is 0.637. The zero-order chi connectivity index (χ0) is 7.40. The van der Waals surface area contributed by atoms with Crippen LogP contribution in [0.25, 0.3) is 6.08 Å². The minimum atomic E-state index is -0.455. The van der Waals surface area contributed by atoms with E-state index in [0.29, 0.717) is 5.69 Å². The smallest absolute Gasteiger partial charge is 0.213 e. The highest BCUT2D eigenvalue weighted by Gasteiger charge is 1.89. The Morgan fingerprint density at radius 2 is 2.30 bits per heavy atom. The SMILES string of the molecule is Fc1cccc(/C=C/Br)n1. The fourth-order valence-corrected chi connectivity index (χ4v) is 0.852. The number of hydrogen-bond donors (Lipinski definition) is 0. The van der Waals surface area contributed by atoms with E-state index < -0.39 is 5.95 Å². The standard InChI is InChI=1S/C7H5BrFN/c8-5-4-6-2-1-3-7(9)10-6/h1-5H/b5-4+. The van der Waals surface area contributed by atoms with Gasteiger partial charge in [0, 0.05) is 0 Å². The maximum Gasteiger partial charge on any atom is 0.213 e. The highest BCUT2D eigenvalue weighted by molar-refractivity contribution is 9.11. The topological polar surface area (TPSA) is 12.9 Å². The lowest BCUT2D eigenvalue weighted by Gasteiger charge is -1.89. The molecule has 0 saturated carbocycles. The summed E-state index contributed by atoms with van der Waals surface area (Å²) in [6.45, 7) is 0. The molecule has 0 aromatic carbocycles. The lowest BCUT2D eigenvalue weighted by atomic mass is 10.3. The second-order valence-electron chi connectivity index (χ2n) is 1.68. The second-order valence-corrected chi connectivity index (χ2v) is 2.21. The molecule has 1 aromatic heterocycles. The van der Waals surface area contributed by atoms with Crippen LogP contribution in [0.1, 0.15) is 5.69 Å². The van der Waals surface area contributed by atoms with Gasteiger partial charge in [-0.2, -0.15) is 4.39 Å². The number of hydrogen-bond acceptors (Lipinski definition) is 1. The lowest BCUT2D eigenvalue weighted by molar-refractivity contribution is 0.583. The predicted octanol–water partition coefficient (Wildman–Crippen LogP) is 2.59. The van der Waals surface area contributed by atoms with Crippen LogP contribution in [-0.2, 0) is 0 Å². The average Bonchev–Trinajstić information content (AvgIpc) is 1.88. The molecule has 0 aliphatic rings. The van der Waals surface area contributed by atoms with E-state index in [-0.39, 0.29) is 0 Å². The van der Waals surface area contributed by atoms with Crippen LogP contribution in [-0.4, -0.2) is 4.98 Å². The van der Waals surface area contributed by atoms with Gasteiger partial charge >= 0.3 is 0 Å². The van der Waals surface area contributed by atoms with Gasteiger partial charge in [0.25, 0.3) is 0 Å². The van der Waals surface area contributed by atoms with Crippen LogP contribution in [0.4, 0.5) is 4.39 Å². The summed E-state index contributed by atoms with van der Waals surface area (Å²) in [5.74, 6) is -0.455. The molecule has 10 heavy (non-hydrogen) atoms. The number of halogens is 2. The molecule has 52 valence electrons. The first-order valence-corrected chi connectivity index (χ1v) is 3.64. The van der Waals surface area contributed by atoms with Crippen molar-refractivity contribution in [2.24, 2.45) is 0 Å². The molecule has 0 bridgehead atoms. The zero-order valence-corrected chi connectivity index (χ0v) is 6.68. The maximum atomic E-state index is 12.3. The normalized spacial score (nSPS) is 10.6. The van der Waals surface area contributed by atoms with E-state index in [1.54, 1.807) is 23.2 Å². The van der Waals surface area contributed by atoms with Gasteiger partial charge < -0.3 is 0 Å². The molecule has 1 aromatic rings. The fourth-order valence-electron chi connectivity index (χ4n) is 0.581. The number of aromatic nitrogens is 1. The van der Waals surface area contributed by atoms with Crippen molar-refractivity contribution >= 4 is 22.0 Å². The van der Waals surface area contributed by atoms with E-state index in [4.69, 9.17) is 0 Å². The molecule has 0 spiro atoms. The lowest BCUT2D eigenvalue weighted by Crippen LogP contribution is -1.83. The molecule has 0 radical (unpaired) electrons. The van der Waals surface area contributed by atoms with Gasteiger partial charge in [0.1, 0.15) is 0 Å². The molecular formula is C7H5BrFN. The van der Waals surface area contributed by atoms with Gasteiger partial charge in [-0.3, -0.25) is 0 Å². The van der Waals surface area contributed by atoms with E-state index >= 15 is 0 Å². The van der Waals surface area contributed by atoms with Gasteiger partial charge in [-0.15, -0.1) is 0 Å². The summed E-state index contributed by atoms with van der Waals surface area (Å²) >= 11 is 3.07. The van der Waals surface area contributed by atoms with Crippen LogP contribution in [0.15, 0.2) is 23.2 Å². The Balaban J connectivity index is 2.95. The maximum absolute atomic E-state index is 12.3. The van der Waals surface area contributed by atoms with Crippen LogP contribution in [0.3, 0.4) is 0 Å². The van der Waals surface area contributed by atoms with Crippen LogP contribution >= 0.6 is 15.9 Å². The summed E-state index contributed by atoms with van der Waals surface area (Å²) in [6, 6.07) is 4.65. The summed E-state index contributed by atoms with van der Waals surface area (Å²) in [7, 11) is 0. The van der Waals surface area contributed by atoms with Crippen LogP contribution in [0.2, 0.25) is 0 Å². The minimum absolute atomic E-state index is 0.455. The molecule has 0 fully saturated rings. The van der Waals surface area contributed by atoms with Crippen molar-refractivity contribution in [3.05, 3.63) is 34.8 Å². The molecule has 0 unspecified atom stereocenters. The molecular weight excluding hydrogens is 197 g/mol. The Bertz CT molecular complexity index is 247. The molecule has 0 atom stereocenters. The van der Waals surface area contributed by atoms with E-state index in [2.05, 4.69) is 20.9 Å². The fraction of sp³-hybridized carbons (Fsp3) is 0. The Morgan fingerprint density at radius 3 is 2.90 bits per heavy atom. The van der Waals surface area contributed by atoms with Gasteiger partial charge in [0.2, 0.25) is 5.95 Å². The van der Waals surface area contributed by atoms with Crippen molar-refractivity contribution in [1.82, 2.24) is 4.98 Å². The monoisotopic (exact) mass is 201 g/mol. The third-order valence-corrected chi connectivity index (χ3v) is 1.23. The van der Waals surface area contributed by atoms with Gasteiger partial charge in [-0.1, -0.05) is 22.0 Å². The second kappa shape index (κ2) is 3.46. The molecule has 1 heterocycles. The largest absolute Gasteiger partial charge is 0.220 e. The Kier molecular flexibility index (Phi) is 2.57. The van der Waals surface area contributed by atoms with E-state index in [0.717, 1.165) is 0 Å². The Morgan fingerprint density at radius 1 is 1.50 bits per heavy atom. The van der Waals surface area contributed by atoms with Crippen molar-refractivity contribution in [1.29, 1.82) is 0 Å². The molecule has 0 N–H and O–H groups in total. The average molecular weight is 202 g/mol. The van der Waals surface area contributed by atoms with E-state index in [1.165, 1.54) is 6.07 Å². The molecule has 3 heteroatoms. The first-order chi connectivity index (χ1) is 4.83. The summed E-state index contributed by atoms with van der Waals surface area (Å²) in [5.41, 5.74) is 0.608. The van der Waals surface area contributed by atoms with Crippen molar-refractivity contribution in [2.75, 3.05) is 0 Å². The predicted molar refractivity (Wildman–Crippen MR) is 42.2 cm³/mol. The van der Waals surface area contributed by atoms with Crippen molar-refractivity contribution < 1.29 is 4.39 Å². The van der Waals surface area contributed by atoms with Crippen LogP contribution < -0.4 is 0 Å².